The van der Waals surface area contributed by atoms with Crippen molar-refractivity contribution < 1.29 is 282 Å². The molecule has 57 nitrogen and oxygen atoms in total. The number of cyclic esters (lactones) is 2. The maximum absolute atomic E-state index is 15.5. The minimum Gasteiger partial charge on any atom is -0.504 e. The topological polar surface area (TPSA) is 964 Å². The Morgan fingerprint density at radius 3 is 0.877 bits per heavy atom. The van der Waals surface area contributed by atoms with Crippen LogP contribution in [0, 0.1) is 0 Å². The van der Waals surface area contributed by atoms with Gasteiger partial charge in [0.25, 0.3) is 0 Å². The summed E-state index contributed by atoms with van der Waals surface area (Å²) in [5.74, 6) is -78.9. The van der Waals surface area contributed by atoms with E-state index in [9.17, 15) is 173 Å². The Morgan fingerprint density at radius 2 is 0.507 bits per heavy atom. The van der Waals surface area contributed by atoms with Gasteiger partial charge in [-0.15, -0.1) is 0 Å². The third-order valence-electron chi connectivity index (χ3n) is 23.2. The minimum atomic E-state index is -3.13. The summed E-state index contributed by atoms with van der Waals surface area (Å²) < 4.78 is 80.3. The van der Waals surface area contributed by atoms with Crippen molar-refractivity contribution in [2.75, 3.05) is 13.2 Å². The fourth-order valence-electron chi connectivity index (χ4n) is 16.2. The Labute approximate surface area is 799 Å². The van der Waals surface area contributed by atoms with Crippen LogP contribution in [0.25, 0.3) is 44.5 Å². The fourth-order valence-corrected chi connectivity index (χ4v) is 16.2. The monoisotopic (exact) mass is 2040 g/mol. The van der Waals surface area contributed by atoms with Gasteiger partial charge < -0.3 is 230 Å². The summed E-state index contributed by atoms with van der Waals surface area (Å²) in [5.41, 5.74) is -25.5. The lowest BCUT2D eigenvalue weighted by Crippen LogP contribution is -2.63. The van der Waals surface area contributed by atoms with E-state index >= 15 is 43.2 Å². The first-order valence-electron chi connectivity index (χ1n) is 40.3. The molecule has 17 rings (SSSR count). The van der Waals surface area contributed by atoms with E-state index in [0.717, 1.165) is 0 Å². The molecular formula is C89H58O57. The smallest absolute Gasteiger partial charge is 0.344 e. The normalized spacial score (nSPS) is 19.4. The molecule has 11 aromatic rings. The number of carbonyl (C=O) groups excluding carboxylic acids is 10. The van der Waals surface area contributed by atoms with Crippen molar-refractivity contribution in [3.63, 3.8) is 0 Å². The summed E-state index contributed by atoms with van der Waals surface area (Å²) in [4.78, 5) is 164. The van der Waals surface area contributed by atoms with Crippen LogP contribution in [0.15, 0.2) is 72.8 Å². The van der Waals surface area contributed by atoms with E-state index in [4.69, 9.17) is 66.3 Å². The van der Waals surface area contributed by atoms with Gasteiger partial charge in [0, 0.05) is 62.7 Å². The third-order valence-corrected chi connectivity index (χ3v) is 23.2. The molecule has 0 aromatic heterocycles. The molecular weight excluding hydrogens is 1980 g/mol. The van der Waals surface area contributed by atoms with Gasteiger partial charge >= 0.3 is 65.7 Å². The van der Waals surface area contributed by atoms with Crippen LogP contribution in [-0.2, 0) is 56.8 Å². The van der Waals surface area contributed by atoms with Gasteiger partial charge in [-0.1, -0.05) is 0 Å². The molecule has 146 heavy (non-hydrogen) atoms. The quantitative estimate of drug-likeness (QED) is 0.0533. The largest absolute Gasteiger partial charge is 0.504 e. The molecule has 0 amide bonds. The lowest BCUT2D eigenvalue weighted by atomic mass is 9.91. The third kappa shape index (κ3) is 15.4. The van der Waals surface area contributed by atoms with Crippen LogP contribution in [0.4, 0.5) is 0 Å². The predicted octanol–water partition coefficient (Wildman–Crippen LogP) is 4.60. The Hall–Kier alpha value is -21.1. The highest BCUT2D eigenvalue weighted by molar-refractivity contribution is 6.13. The van der Waals surface area contributed by atoms with Crippen LogP contribution in [-0.4, -0.2) is 304 Å². The van der Waals surface area contributed by atoms with Gasteiger partial charge in [0.05, 0.1) is 44.5 Å². The molecule has 756 valence electrons. The van der Waals surface area contributed by atoms with E-state index in [1.54, 1.807) is 0 Å². The summed E-state index contributed by atoms with van der Waals surface area (Å²) in [5, 5.41) is 357. The molecule has 2 saturated heterocycles. The number of rotatable bonds is 9. The molecule has 10 unspecified atom stereocenters. The first-order chi connectivity index (χ1) is 68.7. The second kappa shape index (κ2) is 34.8. The van der Waals surface area contributed by atoms with Crippen LogP contribution in [0.5, 0.6) is 201 Å². The molecule has 57 heteroatoms. The Balaban J connectivity index is 0.777. The van der Waals surface area contributed by atoms with Crippen molar-refractivity contribution in [1.82, 2.24) is 0 Å². The lowest BCUT2D eigenvalue weighted by molar-refractivity contribution is -0.283. The zero-order chi connectivity index (χ0) is 106. The molecule has 11 aromatic carbocycles. The number of aromatic hydroxyl groups is 31. The van der Waals surface area contributed by atoms with Gasteiger partial charge in [-0.2, -0.15) is 0 Å². The number of carboxylic acid groups (broad SMARTS) is 1. The molecule has 2 fully saturated rings. The Bertz CT molecular complexity index is 7740. The number of phenolic OH excluding ortho intramolecular Hbond substituents is 31. The van der Waals surface area contributed by atoms with Gasteiger partial charge in [-0.05, 0) is 54.6 Å². The second-order valence-corrected chi connectivity index (χ2v) is 31.7. The Morgan fingerprint density at radius 1 is 0.233 bits per heavy atom. The molecule has 0 aliphatic carbocycles. The van der Waals surface area contributed by atoms with Crippen LogP contribution in [0.1, 0.15) is 114 Å². The van der Waals surface area contributed by atoms with Crippen molar-refractivity contribution in [3.8, 4) is 246 Å². The number of aromatic carboxylic acids is 1. The van der Waals surface area contributed by atoms with Crippen LogP contribution in [0.2, 0.25) is 0 Å². The molecule has 6 heterocycles. The van der Waals surface area contributed by atoms with Crippen LogP contribution >= 0.6 is 0 Å². The van der Waals surface area contributed by atoms with Gasteiger partial charge in [0.2, 0.25) is 99.5 Å². The first-order valence-corrected chi connectivity index (χ1v) is 40.3. The Kier molecular flexibility index (Phi) is 23.0. The summed E-state index contributed by atoms with van der Waals surface area (Å²) in [6.45, 7) is -3.31. The molecule has 0 saturated carbocycles. The summed E-state index contributed by atoms with van der Waals surface area (Å²) in [7, 11) is 0. The summed E-state index contributed by atoms with van der Waals surface area (Å²) in [6.07, 6.45) is -29.2. The summed E-state index contributed by atoms with van der Waals surface area (Å²) in [6, 6.07) is 2.80. The number of phenols is 31. The number of esters is 10. The SMILES string of the molecule is O=C(OC1OC2COC(=O)c3cc(Oc4c(C(=O)O)cc(O)c(O)c4O)c(O)c(O)c3-c3c(cc(O)c(O)c3O)C(=O)OC2C2OC(=O)c3cc(O)c(O)c(O)c3-c3c(cc(O)c(O)c3O)C(=O)OC12)c1cc(O)c(O)c(Oc2c(C(=O)OC3OC4COC(=O)c5cc(c(O)c(O)c5O)-c5c(cc(O)c(O)c5O)C(=O)OC4C4OC(=O)c5cc(O)c(O)c(O)c5-c5c(cc(O)c(O)c5O)C(=O)OC34)cc(O)c(O)c2O)c1. The number of ether oxygens (including phenoxy) is 14. The average molecular weight is 2040 g/mol. The van der Waals surface area contributed by atoms with E-state index < -0.39 is 447 Å². The molecule has 2 bridgehead atoms. The number of fused-ring (bicyclic) bond motifs is 19. The highest BCUT2D eigenvalue weighted by atomic mass is 16.8. The maximum atomic E-state index is 15.5. The van der Waals surface area contributed by atoms with E-state index in [2.05, 4.69) is 0 Å². The van der Waals surface area contributed by atoms with E-state index in [-0.39, 0.29) is 66.7 Å². The molecule has 0 radical (unpaired) electrons. The molecule has 10 atom stereocenters. The number of carboxylic acids is 1. The fraction of sp³-hybridized carbons (Fsp3) is 0.135. The van der Waals surface area contributed by atoms with Gasteiger partial charge in [-0.3, -0.25) is 0 Å². The van der Waals surface area contributed by atoms with E-state index in [1.807, 2.05) is 0 Å². The average Bonchev–Trinajstić information content (AvgIpc) is 1.02. The highest BCUT2D eigenvalue weighted by Gasteiger charge is 2.59. The lowest BCUT2D eigenvalue weighted by Gasteiger charge is -2.44. The van der Waals surface area contributed by atoms with Crippen molar-refractivity contribution in [1.29, 1.82) is 0 Å². The van der Waals surface area contributed by atoms with Gasteiger partial charge in [-0.25, -0.2) is 52.7 Å². The van der Waals surface area contributed by atoms with E-state index in [1.165, 1.54) is 0 Å². The maximum Gasteiger partial charge on any atom is 0.344 e. The number of hydrogen-bond acceptors (Lipinski definition) is 56. The van der Waals surface area contributed by atoms with Gasteiger partial charge in [0.1, 0.15) is 42.1 Å². The number of hydrogen-bond donors (Lipinski definition) is 32. The molecule has 0 spiro atoms. The molecule has 6 aliphatic heterocycles. The summed E-state index contributed by atoms with van der Waals surface area (Å²) >= 11 is 0. The molecule has 6 aliphatic rings. The molecule has 32 N–H and O–H groups in total. The van der Waals surface area contributed by atoms with E-state index in [0.29, 0.717) is 6.07 Å². The minimum absolute atomic E-state index is 0.0791. The predicted molar refractivity (Wildman–Crippen MR) is 449 cm³/mol. The highest BCUT2D eigenvalue weighted by Crippen LogP contribution is 2.62. The van der Waals surface area contributed by atoms with Crippen molar-refractivity contribution in [2.24, 2.45) is 0 Å². The zero-order valence-corrected chi connectivity index (χ0v) is 71.1. The van der Waals surface area contributed by atoms with Crippen molar-refractivity contribution in [2.45, 2.75) is 61.4 Å². The number of benzene rings is 11. The standard InChI is InChI=1S/C89H58O57/c90-27-1-15(78(123)145-88-75-73(141-83(128)19-6-30(93)51(103)60(112)41(19)43-21(85(130)143-75)8-32(95)53(105)62(43)114)72-38(137-88)13-133-79(124)23-12-37(136-69-25(77(121)122)10-34(97)56(108)67(69)119)58(110)65(117)46(23)45-18(82(127)140-72)5-29(92)55(107)64(45)116)2-36(49(27)101)135-70-26(11-35(98)57(109)68(70)120)87(132)146-89-76-74(142-84(129)20-7-31(94)52(104)61(113)42(20)44-22(86(131)144-76)9-33(96)54(106)63(44)115)71-39(138-89)14-134-80(125)24-3-16(47(99)66(118)48(24)100)40-17(81(126)139-71)4-28(91)50(102)59(40)111/h1-12,38-39,71-76,88-120H,13-14H2,(H,121,122). The first kappa shape index (κ1) is 96.6. The van der Waals surface area contributed by atoms with Crippen LogP contribution < -0.4 is 9.47 Å². The van der Waals surface area contributed by atoms with Crippen LogP contribution in [0.3, 0.4) is 0 Å². The second-order valence-electron chi connectivity index (χ2n) is 31.7. The van der Waals surface area contributed by atoms with Crippen molar-refractivity contribution >= 4 is 65.7 Å². The van der Waals surface area contributed by atoms with Gasteiger partial charge in [0.15, 0.2) is 151 Å². The van der Waals surface area contributed by atoms with Crippen molar-refractivity contribution in [3.05, 3.63) is 134 Å². The zero-order valence-electron chi connectivity index (χ0n) is 71.1. The number of carbonyl (C=O) groups is 11.